The fourth-order valence-electron chi connectivity index (χ4n) is 4.27. The highest BCUT2D eigenvalue weighted by molar-refractivity contribution is 7.99. The van der Waals surface area contributed by atoms with Crippen molar-refractivity contribution in [2.24, 2.45) is 0 Å². The molecule has 2 aliphatic rings. The molecule has 2 aromatic carbocycles. The lowest BCUT2D eigenvalue weighted by Gasteiger charge is -2.21. The van der Waals surface area contributed by atoms with Gasteiger partial charge >= 0.3 is 12.1 Å². The van der Waals surface area contributed by atoms with Gasteiger partial charge in [-0.1, -0.05) is 48.5 Å². The lowest BCUT2D eigenvalue weighted by atomic mass is 9.98. The van der Waals surface area contributed by atoms with Crippen LogP contribution >= 0.6 is 11.8 Å². The Balaban J connectivity index is 1.39. The Labute approximate surface area is 190 Å². The molecule has 0 spiro atoms. The molecule has 2 amide bonds. The van der Waals surface area contributed by atoms with Gasteiger partial charge in [0, 0.05) is 24.1 Å². The summed E-state index contributed by atoms with van der Waals surface area (Å²) in [5.41, 5.74) is 4.45. The first kappa shape index (κ1) is 22.2. The lowest BCUT2D eigenvalue weighted by Crippen LogP contribution is -2.50. The van der Waals surface area contributed by atoms with Crippen LogP contribution in [0, 0.1) is 0 Å². The second-order valence-electron chi connectivity index (χ2n) is 8.02. The van der Waals surface area contributed by atoms with Crippen molar-refractivity contribution in [2.75, 3.05) is 18.1 Å². The molecule has 2 aromatic rings. The number of carbonyl (C=O) groups excluding carboxylic acids is 2. The second kappa shape index (κ2) is 10.1. The maximum absolute atomic E-state index is 12.7. The van der Waals surface area contributed by atoms with Gasteiger partial charge in [-0.25, -0.2) is 4.79 Å². The quantitative estimate of drug-likeness (QED) is 0.565. The highest BCUT2D eigenvalue weighted by atomic mass is 32.2. The Morgan fingerprint density at radius 3 is 2.31 bits per heavy atom. The van der Waals surface area contributed by atoms with Gasteiger partial charge in [0.1, 0.15) is 12.6 Å². The topological polar surface area (TPSA) is 105 Å². The zero-order valence-corrected chi connectivity index (χ0v) is 18.4. The van der Waals surface area contributed by atoms with Gasteiger partial charge in [0.2, 0.25) is 5.91 Å². The van der Waals surface area contributed by atoms with E-state index in [0.29, 0.717) is 0 Å². The van der Waals surface area contributed by atoms with E-state index in [4.69, 9.17) is 9.84 Å². The third kappa shape index (κ3) is 5.07. The maximum Gasteiger partial charge on any atom is 0.407 e. The fourth-order valence-corrected chi connectivity index (χ4v) is 5.42. The summed E-state index contributed by atoms with van der Waals surface area (Å²) in [6, 6.07) is 15.2. The Bertz CT molecular complexity index is 960. The first-order chi connectivity index (χ1) is 15.5. The van der Waals surface area contributed by atoms with Crippen LogP contribution in [0.2, 0.25) is 0 Å². The van der Waals surface area contributed by atoms with E-state index >= 15 is 0 Å². The number of hydrogen-bond acceptors (Lipinski definition) is 5. The molecule has 1 fully saturated rings. The van der Waals surface area contributed by atoms with Crippen molar-refractivity contribution in [3.8, 4) is 11.1 Å². The van der Waals surface area contributed by atoms with Crippen LogP contribution in [0.5, 0.6) is 0 Å². The minimum atomic E-state index is -1.02. The van der Waals surface area contributed by atoms with Gasteiger partial charge in [-0.3, -0.25) is 9.59 Å². The van der Waals surface area contributed by atoms with E-state index in [-0.39, 0.29) is 37.3 Å². The van der Waals surface area contributed by atoms with E-state index in [1.54, 1.807) is 11.8 Å². The molecule has 168 valence electrons. The number of carboxylic acids is 1. The lowest BCUT2D eigenvalue weighted by molar-refractivity contribution is -0.137. The molecule has 0 radical (unpaired) electrons. The van der Waals surface area contributed by atoms with E-state index in [1.807, 2.05) is 36.4 Å². The number of amides is 2. The number of fused-ring (bicyclic) bond motifs is 3. The molecule has 2 unspecified atom stereocenters. The van der Waals surface area contributed by atoms with Crippen LogP contribution in [0.25, 0.3) is 11.1 Å². The van der Waals surface area contributed by atoms with Gasteiger partial charge in [0.25, 0.3) is 0 Å². The van der Waals surface area contributed by atoms with Crippen LogP contribution in [0.3, 0.4) is 0 Å². The van der Waals surface area contributed by atoms with E-state index in [2.05, 4.69) is 22.8 Å². The maximum atomic E-state index is 12.7. The molecule has 8 heteroatoms. The van der Waals surface area contributed by atoms with Gasteiger partial charge in [0.15, 0.2) is 0 Å². The molecule has 0 saturated carbocycles. The van der Waals surface area contributed by atoms with Crippen molar-refractivity contribution in [1.29, 1.82) is 0 Å². The smallest absolute Gasteiger partial charge is 0.407 e. The van der Waals surface area contributed by atoms with Crippen molar-refractivity contribution in [3.05, 3.63) is 59.7 Å². The van der Waals surface area contributed by atoms with Gasteiger partial charge in [-0.2, -0.15) is 11.8 Å². The Hall–Kier alpha value is -3.00. The Morgan fingerprint density at radius 1 is 1.06 bits per heavy atom. The summed E-state index contributed by atoms with van der Waals surface area (Å²) in [5, 5.41) is 14.5. The number of alkyl carbamates (subject to hydrolysis) is 1. The number of hydrogen-bond donors (Lipinski definition) is 3. The molecule has 32 heavy (non-hydrogen) atoms. The van der Waals surface area contributed by atoms with Gasteiger partial charge in [0.05, 0.1) is 0 Å². The second-order valence-corrected chi connectivity index (χ2v) is 9.17. The van der Waals surface area contributed by atoms with Crippen LogP contribution in [0.15, 0.2) is 48.5 Å². The van der Waals surface area contributed by atoms with E-state index < -0.39 is 18.1 Å². The van der Waals surface area contributed by atoms with Crippen LogP contribution in [0.1, 0.15) is 36.3 Å². The molecule has 1 saturated heterocycles. The van der Waals surface area contributed by atoms with Crippen molar-refractivity contribution < 1.29 is 24.2 Å². The van der Waals surface area contributed by atoms with Crippen LogP contribution in [-0.4, -0.2) is 53.3 Å². The molecule has 1 aliphatic carbocycles. The normalized spacial score (nSPS) is 17.8. The highest BCUT2D eigenvalue weighted by Crippen LogP contribution is 2.44. The van der Waals surface area contributed by atoms with Gasteiger partial charge in [-0.05, 0) is 40.8 Å². The number of carbonyl (C=O) groups is 3. The monoisotopic (exact) mass is 454 g/mol. The summed E-state index contributed by atoms with van der Waals surface area (Å²) in [7, 11) is 0. The molecule has 1 heterocycles. The van der Waals surface area contributed by atoms with E-state index in [9.17, 15) is 14.4 Å². The summed E-state index contributed by atoms with van der Waals surface area (Å²) in [6.07, 6.45) is -0.0717. The van der Waals surface area contributed by atoms with Crippen molar-refractivity contribution >= 4 is 29.7 Å². The number of aliphatic carboxylic acids is 1. The number of carboxylic acid groups (broad SMARTS) is 1. The fraction of sp³-hybridized carbons (Fsp3) is 0.375. The third-order valence-electron chi connectivity index (χ3n) is 5.88. The molecule has 0 aromatic heterocycles. The number of thioether (sulfide) groups is 1. The summed E-state index contributed by atoms with van der Waals surface area (Å²) in [5.74, 6) is 0.322. The summed E-state index contributed by atoms with van der Waals surface area (Å²) < 4.78 is 5.52. The van der Waals surface area contributed by atoms with Crippen LogP contribution < -0.4 is 10.6 Å². The van der Waals surface area contributed by atoms with E-state index in [1.165, 1.54) is 0 Å². The number of ether oxygens (including phenoxy) is 1. The molecule has 2 atom stereocenters. The number of benzene rings is 2. The Morgan fingerprint density at radius 2 is 1.72 bits per heavy atom. The average Bonchev–Trinajstić information content (AvgIpc) is 3.41. The molecular weight excluding hydrogens is 428 g/mol. The molecular formula is C24H26N2O5S. The van der Waals surface area contributed by atoms with Crippen LogP contribution in [0.4, 0.5) is 4.79 Å². The van der Waals surface area contributed by atoms with Crippen LogP contribution in [-0.2, 0) is 14.3 Å². The third-order valence-corrected chi connectivity index (χ3v) is 7.04. The summed E-state index contributed by atoms with van der Waals surface area (Å²) >= 11 is 1.76. The number of nitrogens with one attached hydrogen (secondary N) is 2. The molecule has 1 aliphatic heterocycles. The van der Waals surface area contributed by atoms with Crippen molar-refractivity contribution in [2.45, 2.75) is 37.3 Å². The largest absolute Gasteiger partial charge is 0.481 e. The van der Waals surface area contributed by atoms with E-state index in [0.717, 1.165) is 40.2 Å². The minimum Gasteiger partial charge on any atom is -0.481 e. The molecule has 4 rings (SSSR count). The predicted molar refractivity (Wildman–Crippen MR) is 123 cm³/mol. The highest BCUT2D eigenvalue weighted by Gasteiger charge is 2.30. The first-order valence-corrected chi connectivity index (χ1v) is 11.9. The van der Waals surface area contributed by atoms with Crippen molar-refractivity contribution in [3.63, 3.8) is 0 Å². The molecule has 7 nitrogen and oxygen atoms in total. The molecule has 0 bridgehead atoms. The van der Waals surface area contributed by atoms with Gasteiger partial charge in [-0.15, -0.1) is 0 Å². The summed E-state index contributed by atoms with van der Waals surface area (Å²) in [4.78, 5) is 36.2. The predicted octanol–water partition coefficient (Wildman–Crippen LogP) is 3.38. The minimum absolute atomic E-state index is 0.00518. The number of rotatable bonds is 8. The first-order valence-electron chi connectivity index (χ1n) is 10.7. The van der Waals surface area contributed by atoms with Gasteiger partial charge < -0.3 is 20.5 Å². The molecule has 3 N–H and O–H groups in total. The Kier molecular flexibility index (Phi) is 6.99. The van der Waals surface area contributed by atoms with Crippen molar-refractivity contribution in [1.82, 2.24) is 10.6 Å². The SMILES string of the molecule is O=C(O)CCC(NC(=O)OCC1c2ccccc2-c2ccccc21)C(=O)NC1CCSC1. The standard InChI is InChI=1S/C24H26N2O5S/c27-22(28)10-9-21(23(29)25-15-11-12-32-14-15)26-24(30)31-13-20-18-7-3-1-5-16(18)17-6-2-4-8-19(17)20/h1-8,15,20-21H,9-14H2,(H,25,29)(H,26,30)(H,27,28). The zero-order valence-electron chi connectivity index (χ0n) is 17.6. The summed E-state index contributed by atoms with van der Waals surface area (Å²) in [6.45, 7) is 0.131. The zero-order chi connectivity index (χ0) is 22.5. The average molecular weight is 455 g/mol.